The van der Waals surface area contributed by atoms with Crippen molar-refractivity contribution in [3.63, 3.8) is 0 Å². The number of nitrogens with one attached hydrogen (secondary N) is 1. The molecule has 1 saturated heterocycles. The average Bonchev–Trinajstić information content (AvgIpc) is 3.17. The summed E-state index contributed by atoms with van der Waals surface area (Å²) >= 11 is 7.58. The van der Waals surface area contributed by atoms with E-state index in [1.165, 1.54) is 0 Å². The van der Waals surface area contributed by atoms with Gasteiger partial charge >= 0.3 is 0 Å². The molecule has 144 valence electrons. The van der Waals surface area contributed by atoms with Crippen LogP contribution in [0.3, 0.4) is 0 Å². The first-order valence-corrected chi connectivity index (χ1v) is 10.6. The van der Waals surface area contributed by atoms with Crippen molar-refractivity contribution in [2.24, 2.45) is 0 Å². The maximum absolute atomic E-state index is 12.6. The Kier molecular flexibility index (Phi) is 6.85. The number of nitrogens with zero attached hydrogens (tertiary/aromatic N) is 2. The van der Waals surface area contributed by atoms with E-state index in [4.69, 9.17) is 16.6 Å². The Hall–Kier alpha value is -1.92. The van der Waals surface area contributed by atoms with Crippen LogP contribution < -0.4 is 5.32 Å². The number of carbonyl (C=O) groups excluding carboxylic acids is 2. The molecular formula is C20H24ClN3O2S. The first-order valence-electron chi connectivity index (χ1n) is 9.32. The van der Waals surface area contributed by atoms with Gasteiger partial charge in [0.2, 0.25) is 5.91 Å². The fourth-order valence-corrected chi connectivity index (χ4v) is 4.34. The van der Waals surface area contributed by atoms with Gasteiger partial charge in [-0.15, -0.1) is 11.3 Å². The number of aromatic nitrogens is 1. The molecule has 1 aliphatic heterocycles. The van der Waals surface area contributed by atoms with Crippen molar-refractivity contribution in [3.05, 3.63) is 50.9 Å². The van der Waals surface area contributed by atoms with Crippen LogP contribution in [0, 0.1) is 0 Å². The lowest BCUT2D eigenvalue weighted by atomic mass is 9.97. The predicted molar refractivity (Wildman–Crippen MR) is 108 cm³/mol. The van der Waals surface area contributed by atoms with Gasteiger partial charge in [-0.3, -0.25) is 9.59 Å². The van der Waals surface area contributed by atoms with E-state index in [0.29, 0.717) is 29.5 Å². The molecule has 1 N–H and O–H groups in total. The first kappa shape index (κ1) is 19.8. The van der Waals surface area contributed by atoms with Gasteiger partial charge in [-0.25, -0.2) is 4.98 Å². The van der Waals surface area contributed by atoms with Crippen LogP contribution >= 0.6 is 22.9 Å². The van der Waals surface area contributed by atoms with Crippen molar-refractivity contribution in [3.8, 4) is 0 Å². The number of hydrogen-bond donors (Lipinski definition) is 1. The summed E-state index contributed by atoms with van der Waals surface area (Å²) in [4.78, 5) is 30.5. The molecule has 1 aromatic carbocycles. The summed E-state index contributed by atoms with van der Waals surface area (Å²) in [5.74, 6) is 0.544. The van der Waals surface area contributed by atoms with Gasteiger partial charge in [-0.1, -0.05) is 18.5 Å². The fourth-order valence-electron chi connectivity index (χ4n) is 3.18. The second-order valence-corrected chi connectivity index (χ2v) is 8.03. The Morgan fingerprint density at radius 1 is 1.26 bits per heavy atom. The van der Waals surface area contributed by atoms with Crippen LogP contribution in [0.25, 0.3) is 0 Å². The van der Waals surface area contributed by atoms with E-state index in [-0.39, 0.29) is 11.8 Å². The van der Waals surface area contributed by atoms with Crippen molar-refractivity contribution in [1.29, 1.82) is 0 Å². The quantitative estimate of drug-likeness (QED) is 0.793. The maximum Gasteiger partial charge on any atom is 0.253 e. The van der Waals surface area contributed by atoms with Crippen LogP contribution in [0.4, 0.5) is 0 Å². The Balaban J connectivity index is 1.49. The lowest BCUT2D eigenvalue weighted by Gasteiger charge is -2.31. The van der Waals surface area contributed by atoms with Crippen LogP contribution in [-0.4, -0.2) is 41.3 Å². The monoisotopic (exact) mass is 405 g/mol. The average molecular weight is 406 g/mol. The SMILES string of the molecule is CCC(=O)NCCc1csc(C2CCN(C(=O)c3ccc(Cl)cc3)CC2)n1. The molecule has 7 heteroatoms. The van der Waals surface area contributed by atoms with E-state index in [9.17, 15) is 9.59 Å². The Labute approximate surface area is 168 Å². The molecule has 0 atom stereocenters. The smallest absolute Gasteiger partial charge is 0.253 e. The summed E-state index contributed by atoms with van der Waals surface area (Å²) < 4.78 is 0. The van der Waals surface area contributed by atoms with E-state index in [0.717, 1.165) is 43.1 Å². The molecule has 0 spiro atoms. The molecule has 0 bridgehead atoms. The molecule has 1 fully saturated rings. The van der Waals surface area contributed by atoms with E-state index in [2.05, 4.69) is 10.7 Å². The number of halogens is 1. The number of thiazole rings is 1. The molecule has 0 unspecified atom stereocenters. The van der Waals surface area contributed by atoms with Crippen molar-refractivity contribution in [2.45, 2.75) is 38.5 Å². The molecule has 3 rings (SSSR count). The van der Waals surface area contributed by atoms with Crippen LogP contribution in [0.15, 0.2) is 29.6 Å². The van der Waals surface area contributed by atoms with Gasteiger partial charge in [-0.2, -0.15) is 0 Å². The largest absolute Gasteiger partial charge is 0.356 e. The van der Waals surface area contributed by atoms with Crippen LogP contribution in [-0.2, 0) is 11.2 Å². The highest BCUT2D eigenvalue weighted by Crippen LogP contribution is 2.31. The van der Waals surface area contributed by atoms with Crippen LogP contribution in [0.1, 0.15) is 53.2 Å². The zero-order valence-electron chi connectivity index (χ0n) is 15.4. The van der Waals surface area contributed by atoms with E-state index < -0.39 is 0 Å². The van der Waals surface area contributed by atoms with Crippen molar-refractivity contribution < 1.29 is 9.59 Å². The highest BCUT2D eigenvalue weighted by molar-refractivity contribution is 7.09. The first-order chi connectivity index (χ1) is 13.1. The molecule has 2 amide bonds. The molecule has 2 aromatic rings. The van der Waals surface area contributed by atoms with Crippen LogP contribution in [0.2, 0.25) is 5.02 Å². The topological polar surface area (TPSA) is 62.3 Å². The lowest BCUT2D eigenvalue weighted by molar-refractivity contribution is -0.120. The highest BCUT2D eigenvalue weighted by Gasteiger charge is 2.26. The third-order valence-corrected chi connectivity index (χ3v) is 6.12. The summed E-state index contributed by atoms with van der Waals surface area (Å²) in [6.07, 6.45) is 3.13. The highest BCUT2D eigenvalue weighted by atomic mass is 35.5. The summed E-state index contributed by atoms with van der Waals surface area (Å²) in [7, 11) is 0. The third-order valence-electron chi connectivity index (χ3n) is 4.82. The number of benzene rings is 1. The van der Waals surface area contributed by atoms with Gasteiger partial charge in [0.05, 0.1) is 10.7 Å². The third kappa shape index (κ3) is 5.30. The summed E-state index contributed by atoms with van der Waals surface area (Å²) in [6, 6.07) is 7.06. The molecule has 0 saturated carbocycles. The fraction of sp³-hybridized carbons (Fsp3) is 0.450. The number of piperidine rings is 1. The van der Waals surface area contributed by atoms with Gasteiger partial charge in [0.15, 0.2) is 0 Å². The molecule has 5 nitrogen and oxygen atoms in total. The number of rotatable bonds is 6. The number of likely N-dealkylation sites (tertiary alicyclic amines) is 1. The zero-order chi connectivity index (χ0) is 19.2. The molecule has 27 heavy (non-hydrogen) atoms. The summed E-state index contributed by atoms with van der Waals surface area (Å²) in [6.45, 7) is 3.96. The van der Waals surface area contributed by atoms with Gasteiger partial charge in [0, 0.05) is 54.4 Å². The second-order valence-electron chi connectivity index (χ2n) is 6.70. The van der Waals surface area contributed by atoms with Gasteiger partial charge in [-0.05, 0) is 37.1 Å². The maximum atomic E-state index is 12.6. The van der Waals surface area contributed by atoms with Crippen molar-refractivity contribution >= 4 is 34.8 Å². The van der Waals surface area contributed by atoms with Gasteiger partial charge in [0.25, 0.3) is 5.91 Å². The minimum atomic E-state index is 0.0663. The zero-order valence-corrected chi connectivity index (χ0v) is 17.0. The van der Waals surface area contributed by atoms with Gasteiger partial charge in [0.1, 0.15) is 0 Å². The number of hydrogen-bond acceptors (Lipinski definition) is 4. The van der Waals surface area contributed by atoms with Crippen molar-refractivity contribution in [1.82, 2.24) is 15.2 Å². The summed E-state index contributed by atoms with van der Waals surface area (Å²) in [5, 5.41) is 6.74. The Morgan fingerprint density at radius 3 is 2.63 bits per heavy atom. The summed E-state index contributed by atoms with van der Waals surface area (Å²) in [5.41, 5.74) is 1.72. The Morgan fingerprint density at radius 2 is 1.96 bits per heavy atom. The van der Waals surface area contributed by atoms with E-state index >= 15 is 0 Å². The molecular weight excluding hydrogens is 382 g/mol. The molecule has 0 aliphatic carbocycles. The molecule has 1 aliphatic rings. The number of amides is 2. The molecule has 0 radical (unpaired) electrons. The second kappa shape index (κ2) is 9.33. The predicted octanol–water partition coefficient (Wildman–Crippen LogP) is 3.89. The standard InChI is InChI=1S/C20H24ClN3O2S/c1-2-18(25)22-10-7-17-13-27-19(23-17)14-8-11-24(12-9-14)20(26)15-3-5-16(21)6-4-15/h3-6,13-14H,2,7-12H2,1H3,(H,22,25). The lowest BCUT2D eigenvalue weighted by Crippen LogP contribution is -2.37. The molecule has 1 aromatic heterocycles. The number of carbonyl (C=O) groups is 2. The minimum absolute atomic E-state index is 0.0663. The molecule has 2 heterocycles. The Bertz CT molecular complexity index is 783. The van der Waals surface area contributed by atoms with Crippen LogP contribution in [0.5, 0.6) is 0 Å². The van der Waals surface area contributed by atoms with E-state index in [1.807, 2.05) is 11.8 Å². The minimum Gasteiger partial charge on any atom is -0.356 e. The van der Waals surface area contributed by atoms with Crippen molar-refractivity contribution in [2.75, 3.05) is 19.6 Å². The van der Waals surface area contributed by atoms with Gasteiger partial charge < -0.3 is 10.2 Å². The normalized spacial score (nSPS) is 15.0. The van der Waals surface area contributed by atoms with E-state index in [1.54, 1.807) is 35.6 Å².